The van der Waals surface area contributed by atoms with Crippen LogP contribution >= 0.6 is 11.3 Å². The number of carbonyl (C=O) groups is 1. The van der Waals surface area contributed by atoms with E-state index in [2.05, 4.69) is 9.97 Å². The highest BCUT2D eigenvalue weighted by Gasteiger charge is 2.23. The summed E-state index contributed by atoms with van der Waals surface area (Å²) in [7, 11) is 3.16. The summed E-state index contributed by atoms with van der Waals surface area (Å²) in [6.45, 7) is 7.53. The van der Waals surface area contributed by atoms with Gasteiger partial charge in [0.25, 0.3) is 5.91 Å². The van der Waals surface area contributed by atoms with E-state index in [9.17, 15) is 4.79 Å². The van der Waals surface area contributed by atoms with Crippen LogP contribution in [-0.4, -0.2) is 48.1 Å². The number of thiophene rings is 1. The lowest BCUT2D eigenvalue weighted by Crippen LogP contribution is -2.30. The number of hydrogen-bond donors (Lipinski definition) is 0. The SMILES string of the molecule is CCN(CC)C(=O)c1sc2nc(COC)nc(OC)c2c1C. The van der Waals surface area contributed by atoms with Gasteiger partial charge in [0, 0.05) is 20.2 Å². The van der Waals surface area contributed by atoms with E-state index >= 15 is 0 Å². The van der Waals surface area contributed by atoms with Gasteiger partial charge in [-0.2, -0.15) is 4.98 Å². The van der Waals surface area contributed by atoms with E-state index < -0.39 is 0 Å². The van der Waals surface area contributed by atoms with E-state index in [4.69, 9.17) is 9.47 Å². The van der Waals surface area contributed by atoms with E-state index in [0.29, 0.717) is 36.3 Å². The molecule has 2 heterocycles. The highest BCUT2D eigenvalue weighted by molar-refractivity contribution is 7.20. The minimum absolute atomic E-state index is 0.0286. The zero-order chi connectivity index (χ0) is 16.3. The number of ether oxygens (including phenoxy) is 2. The van der Waals surface area contributed by atoms with E-state index in [1.807, 2.05) is 20.8 Å². The third-order valence-corrected chi connectivity index (χ3v) is 4.69. The van der Waals surface area contributed by atoms with Crippen LogP contribution in [0, 0.1) is 6.92 Å². The monoisotopic (exact) mass is 323 g/mol. The minimum atomic E-state index is 0.0286. The lowest BCUT2D eigenvalue weighted by atomic mass is 10.2. The Hall–Kier alpha value is -1.73. The molecule has 0 unspecified atom stereocenters. The maximum absolute atomic E-state index is 12.6. The van der Waals surface area contributed by atoms with Crippen molar-refractivity contribution in [1.82, 2.24) is 14.9 Å². The molecule has 0 saturated heterocycles. The molecule has 0 N–H and O–H groups in total. The first kappa shape index (κ1) is 16.6. The molecule has 0 bridgehead atoms. The molecule has 0 spiro atoms. The molecule has 0 aromatic carbocycles. The summed E-state index contributed by atoms with van der Waals surface area (Å²) < 4.78 is 10.5. The average molecular weight is 323 g/mol. The van der Waals surface area contributed by atoms with Gasteiger partial charge in [0.05, 0.1) is 17.4 Å². The summed E-state index contributed by atoms with van der Waals surface area (Å²) in [5.41, 5.74) is 0.873. The van der Waals surface area contributed by atoms with Crippen molar-refractivity contribution >= 4 is 27.5 Å². The number of hydrogen-bond acceptors (Lipinski definition) is 6. The predicted octanol–water partition coefficient (Wildman–Crippen LogP) is 2.64. The van der Waals surface area contributed by atoms with Gasteiger partial charge in [-0.25, -0.2) is 4.98 Å². The molecule has 7 heteroatoms. The van der Waals surface area contributed by atoms with Crippen molar-refractivity contribution < 1.29 is 14.3 Å². The Morgan fingerprint density at radius 1 is 1.23 bits per heavy atom. The second-order valence-electron chi connectivity index (χ2n) is 4.80. The number of carbonyl (C=O) groups excluding carboxylic acids is 1. The summed E-state index contributed by atoms with van der Waals surface area (Å²) in [4.78, 5) is 24.7. The fourth-order valence-electron chi connectivity index (χ4n) is 2.34. The predicted molar refractivity (Wildman–Crippen MR) is 86.7 cm³/mol. The Kier molecular flexibility index (Phi) is 5.31. The minimum Gasteiger partial charge on any atom is -0.480 e. The van der Waals surface area contributed by atoms with Crippen molar-refractivity contribution in [3.63, 3.8) is 0 Å². The van der Waals surface area contributed by atoms with Crippen molar-refractivity contribution in [2.45, 2.75) is 27.4 Å². The first-order valence-electron chi connectivity index (χ1n) is 7.19. The normalized spacial score (nSPS) is 11.0. The molecule has 2 aromatic rings. The lowest BCUT2D eigenvalue weighted by molar-refractivity contribution is 0.0777. The molecule has 0 aliphatic heterocycles. The number of nitrogens with zero attached hydrogens (tertiary/aromatic N) is 3. The zero-order valence-electron chi connectivity index (χ0n) is 13.6. The summed E-state index contributed by atoms with van der Waals surface area (Å²) in [6.07, 6.45) is 0. The number of rotatable bonds is 6. The second kappa shape index (κ2) is 7.02. The van der Waals surface area contributed by atoms with Crippen LogP contribution < -0.4 is 4.74 Å². The number of aryl methyl sites for hydroxylation is 1. The summed E-state index contributed by atoms with van der Waals surface area (Å²) >= 11 is 1.38. The van der Waals surface area contributed by atoms with Crippen LogP contribution in [-0.2, 0) is 11.3 Å². The van der Waals surface area contributed by atoms with E-state index in [1.165, 1.54) is 11.3 Å². The summed E-state index contributed by atoms with van der Waals surface area (Å²) in [5.74, 6) is 1.07. The Morgan fingerprint density at radius 2 is 1.91 bits per heavy atom. The fraction of sp³-hybridized carbons (Fsp3) is 0.533. The highest BCUT2D eigenvalue weighted by atomic mass is 32.1. The molecule has 0 aliphatic rings. The van der Waals surface area contributed by atoms with Gasteiger partial charge in [0.1, 0.15) is 11.4 Å². The van der Waals surface area contributed by atoms with Crippen LogP contribution in [0.2, 0.25) is 0 Å². The van der Waals surface area contributed by atoms with Gasteiger partial charge in [0.15, 0.2) is 5.82 Å². The first-order valence-corrected chi connectivity index (χ1v) is 8.01. The molecule has 120 valence electrons. The molecule has 6 nitrogen and oxygen atoms in total. The third-order valence-electron chi connectivity index (χ3n) is 3.51. The maximum atomic E-state index is 12.6. The standard InChI is InChI=1S/C15H21N3O3S/c1-6-18(7-2)15(19)12-9(3)11-13(21-5)16-10(8-20-4)17-14(11)22-12/h6-8H2,1-5H3. The molecule has 0 aliphatic carbocycles. The van der Waals surface area contributed by atoms with Crippen molar-refractivity contribution in [2.24, 2.45) is 0 Å². The molecule has 1 amide bonds. The van der Waals surface area contributed by atoms with E-state index in [-0.39, 0.29) is 5.91 Å². The molecule has 0 radical (unpaired) electrons. The summed E-state index contributed by atoms with van der Waals surface area (Å²) in [6, 6.07) is 0. The van der Waals surface area contributed by atoms with Crippen molar-refractivity contribution in [3.05, 3.63) is 16.3 Å². The molecular formula is C15H21N3O3S. The van der Waals surface area contributed by atoms with Gasteiger partial charge in [-0.05, 0) is 26.3 Å². The molecular weight excluding hydrogens is 302 g/mol. The molecule has 0 fully saturated rings. The van der Waals surface area contributed by atoms with Crippen molar-refractivity contribution in [3.8, 4) is 5.88 Å². The van der Waals surface area contributed by atoms with Crippen LogP contribution in [0.1, 0.15) is 34.9 Å². The Morgan fingerprint density at radius 3 is 2.45 bits per heavy atom. The van der Waals surface area contributed by atoms with E-state index in [1.54, 1.807) is 19.1 Å². The van der Waals surface area contributed by atoms with Crippen LogP contribution in [0.25, 0.3) is 10.2 Å². The van der Waals surface area contributed by atoms with Gasteiger partial charge < -0.3 is 14.4 Å². The second-order valence-corrected chi connectivity index (χ2v) is 5.79. The van der Waals surface area contributed by atoms with Gasteiger partial charge in [-0.15, -0.1) is 11.3 Å². The molecule has 2 rings (SSSR count). The summed E-state index contributed by atoms with van der Waals surface area (Å²) in [5, 5.41) is 0.808. The number of methoxy groups -OCH3 is 2. The molecule has 22 heavy (non-hydrogen) atoms. The van der Waals surface area contributed by atoms with Gasteiger partial charge in [-0.3, -0.25) is 4.79 Å². The fourth-order valence-corrected chi connectivity index (χ4v) is 3.50. The van der Waals surface area contributed by atoms with Gasteiger partial charge in [-0.1, -0.05) is 0 Å². The van der Waals surface area contributed by atoms with Gasteiger partial charge >= 0.3 is 0 Å². The Labute approximate surface area is 134 Å². The number of fused-ring (bicyclic) bond motifs is 1. The van der Waals surface area contributed by atoms with E-state index in [0.717, 1.165) is 15.8 Å². The largest absolute Gasteiger partial charge is 0.480 e. The van der Waals surface area contributed by atoms with Gasteiger partial charge in [0.2, 0.25) is 5.88 Å². The van der Waals surface area contributed by atoms with Crippen LogP contribution in [0.4, 0.5) is 0 Å². The first-order chi connectivity index (χ1) is 10.6. The molecule has 2 aromatic heterocycles. The molecule has 0 atom stereocenters. The number of amides is 1. The average Bonchev–Trinajstić information content (AvgIpc) is 2.85. The smallest absolute Gasteiger partial charge is 0.264 e. The quantitative estimate of drug-likeness (QED) is 0.817. The Bertz CT molecular complexity index is 680. The van der Waals surface area contributed by atoms with Crippen LogP contribution in [0.5, 0.6) is 5.88 Å². The van der Waals surface area contributed by atoms with Crippen LogP contribution in [0.15, 0.2) is 0 Å². The van der Waals surface area contributed by atoms with Crippen molar-refractivity contribution in [1.29, 1.82) is 0 Å². The molecule has 0 saturated carbocycles. The van der Waals surface area contributed by atoms with Crippen LogP contribution in [0.3, 0.4) is 0 Å². The third kappa shape index (κ3) is 2.91. The zero-order valence-corrected chi connectivity index (χ0v) is 14.4. The highest BCUT2D eigenvalue weighted by Crippen LogP contribution is 2.35. The Balaban J connectivity index is 2.59. The topological polar surface area (TPSA) is 64.6 Å². The van der Waals surface area contributed by atoms with Crippen molar-refractivity contribution in [2.75, 3.05) is 27.3 Å². The maximum Gasteiger partial charge on any atom is 0.264 e. The lowest BCUT2D eigenvalue weighted by Gasteiger charge is -2.17. The number of aromatic nitrogens is 2.